The Labute approximate surface area is 268 Å². The maximum absolute atomic E-state index is 14.3. The van der Waals surface area contributed by atoms with Crippen molar-refractivity contribution in [3.63, 3.8) is 0 Å². The smallest absolute Gasteiger partial charge is 0.321 e. The molecule has 5 rings (SSSR count). The lowest BCUT2D eigenvalue weighted by Crippen LogP contribution is -2.47. The first-order chi connectivity index (χ1) is 21.7. The number of aliphatic carboxylic acids is 1. The molecular weight excluding hydrogens is 567 g/mol. The van der Waals surface area contributed by atoms with Crippen LogP contribution in [0.15, 0.2) is 54.6 Å². The maximum Gasteiger partial charge on any atom is 0.321 e. The van der Waals surface area contributed by atoms with Crippen LogP contribution in [-0.4, -0.2) is 76.0 Å². The molecule has 1 saturated heterocycles. The van der Waals surface area contributed by atoms with Gasteiger partial charge in [0, 0.05) is 37.2 Å². The largest absolute Gasteiger partial charge is 0.494 e. The van der Waals surface area contributed by atoms with Gasteiger partial charge in [0.05, 0.1) is 12.3 Å². The summed E-state index contributed by atoms with van der Waals surface area (Å²) in [6, 6.07) is 17.3. The van der Waals surface area contributed by atoms with Crippen molar-refractivity contribution in [2.75, 3.05) is 33.3 Å². The lowest BCUT2D eigenvalue weighted by atomic mass is 9.87. The Morgan fingerprint density at radius 2 is 1.82 bits per heavy atom. The number of benzene rings is 2. The van der Waals surface area contributed by atoms with Gasteiger partial charge in [-0.2, -0.15) is 5.10 Å². The number of nitrogens with zero attached hydrogens (tertiary/aromatic N) is 4. The number of rotatable bonds is 13. The summed E-state index contributed by atoms with van der Waals surface area (Å²) < 4.78 is 22.1. The normalized spacial score (nSPS) is 21.9. The van der Waals surface area contributed by atoms with Crippen LogP contribution in [-0.2, 0) is 17.8 Å². The van der Waals surface area contributed by atoms with E-state index in [-0.39, 0.29) is 23.7 Å². The molecule has 8 heteroatoms. The summed E-state index contributed by atoms with van der Waals surface area (Å²) in [6.45, 7) is 12.6. The van der Waals surface area contributed by atoms with Gasteiger partial charge in [-0.05, 0) is 119 Å². The van der Waals surface area contributed by atoms with Crippen molar-refractivity contribution in [1.29, 1.82) is 0 Å². The van der Waals surface area contributed by atoms with Gasteiger partial charge >= 0.3 is 5.97 Å². The predicted molar refractivity (Wildman–Crippen MR) is 176 cm³/mol. The summed E-state index contributed by atoms with van der Waals surface area (Å²) >= 11 is 0. The van der Waals surface area contributed by atoms with Crippen LogP contribution in [0.25, 0.3) is 0 Å². The van der Waals surface area contributed by atoms with Crippen molar-refractivity contribution in [3.8, 4) is 5.75 Å². The number of aryl methyl sites for hydroxylation is 1. The number of aromatic nitrogens is 2. The van der Waals surface area contributed by atoms with Gasteiger partial charge in [0.1, 0.15) is 17.6 Å². The molecule has 3 aromatic rings. The summed E-state index contributed by atoms with van der Waals surface area (Å²) in [4.78, 5) is 16.8. The van der Waals surface area contributed by atoms with E-state index in [4.69, 9.17) is 9.84 Å². The van der Waals surface area contributed by atoms with Crippen LogP contribution in [0.1, 0.15) is 87.7 Å². The Kier molecular flexibility index (Phi) is 11.0. The van der Waals surface area contributed by atoms with E-state index in [0.717, 1.165) is 75.3 Å². The highest BCUT2D eigenvalue weighted by Gasteiger charge is 2.42. The number of ether oxygens (including phenoxy) is 1. The molecule has 0 amide bonds. The summed E-state index contributed by atoms with van der Waals surface area (Å²) in [5, 5.41) is 14.9. The molecule has 0 spiro atoms. The van der Waals surface area contributed by atoms with Crippen molar-refractivity contribution >= 4 is 5.97 Å². The first kappa shape index (κ1) is 33.1. The molecule has 0 bridgehead atoms. The van der Waals surface area contributed by atoms with E-state index in [1.807, 2.05) is 46.0 Å². The highest BCUT2D eigenvalue weighted by atomic mass is 19.1. The van der Waals surface area contributed by atoms with Crippen molar-refractivity contribution < 1.29 is 19.0 Å². The minimum Gasteiger partial charge on any atom is -0.494 e. The number of carboxylic acid groups (broad SMARTS) is 1. The summed E-state index contributed by atoms with van der Waals surface area (Å²) in [5.74, 6) is 0.967. The van der Waals surface area contributed by atoms with E-state index in [9.17, 15) is 14.3 Å². The zero-order valence-corrected chi connectivity index (χ0v) is 27.7. The monoisotopic (exact) mass is 618 g/mol. The van der Waals surface area contributed by atoms with Crippen LogP contribution < -0.4 is 4.74 Å². The van der Waals surface area contributed by atoms with Crippen LogP contribution >= 0.6 is 0 Å². The number of likely N-dealkylation sites (N-methyl/N-ethyl adjacent to an activating group) is 1. The highest BCUT2D eigenvalue weighted by Crippen LogP contribution is 2.43. The average Bonchev–Trinajstić information content (AvgIpc) is 3.62. The van der Waals surface area contributed by atoms with Crippen LogP contribution in [0.3, 0.4) is 0 Å². The predicted octanol–water partition coefficient (Wildman–Crippen LogP) is 6.81. The van der Waals surface area contributed by atoms with Gasteiger partial charge in [0.25, 0.3) is 0 Å². The Bertz CT molecular complexity index is 1400. The van der Waals surface area contributed by atoms with Crippen molar-refractivity contribution in [2.24, 2.45) is 11.8 Å². The van der Waals surface area contributed by atoms with E-state index >= 15 is 0 Å². The molecule has 1 aliphatic carbocycles. The van der Waals surface area contributed by atoms with Crippen LogP contribution in [0.4, 0.5) is 4.39 Å². The molecule has 7 nitrogen and oxygen atoms in total. The standard InChI is InChI=1S/C37H51FN4O3/c1-6-42-35(22-31(39-42)19-26-11-13-33(14-12-26)45-7-2)27-15-17-41(18-16-27)24-29-21-32(40(5)36(25(3)4)37(43)44)23-34(29)28-9-8-10-30(38)20-28/h8-14,20,22,25,27,29,32,34,36H,6-7,15-19,21,23-24H2,1-5H3,(H,43,44)/t29?,32?,34?,36-/m1/s1. The molecule has 0 radical (unpaired) electrons. The van der Waals surface area contributed by atoms with E-state index in [0.29, 0.717) is 18.4 Å². The first-order valence-corrected chi connectivity index (χ1v) is 16.9. The van der Waals surface area contributed by atoms with E-state index in [1.165, 1.54) is 17.3 Å². The Balaban J connectivity index is 1.24. The van der Waals surface area contributed by atoms with Gasteiger partial charge in [0.2, 0.25) is 0 Å². The second-order valence-corrected chi connectivity index (χ2v) is 13.4. The van der Waals surface area contributed by atoms with Crippen LogP contribution in [0.5, 0.6) is 5.75 Å². The second kappa shape index (κ2) is 14.9. The van der Waals surface area contributed by atoms with E-state index < -0.39 is 12.0 Å². The van der Waals surface area contributed by atoms with E-state index in [2.05, 4.69) is 39.6 Å². The van der Waals surface area contributed by atoms with E-state index in [1.54, 1.807) is 12.1 Å². The minimum absolute atomic E-state index is 0.0104. The number of piperidine rings is 1. The fourth-order valence-corrected chi connectivity index (χ4v) is 7.91. The Morgan fingerprint density at radius 1 is 1.09 bits per heavy atom. The molecule has 2 aliphatic rings. The Morgan fingerprint density at radius 3 is 2.44 bits per heavy atom. The lowest BCUT2D eigenvalue weighted by Gasteiger charge is -2.35. The number of likely N-dealkylation sites (tertiary alicyclic amines) is 1. The molecule has 4 atom stereocenters. The van der Waals surface area contributed by atoms with Gasteiger partial charge in [-0.15, -0.1) is 0 Å². The third-order valence-electron chi connectivity index (χ3n) is 10.1. The molecule has 3 unspecified atom stereocenters. The first-order valence-electron chi connectivity index (χ1n) is 16.9. The van der Waals surface area contributed by atoms with Crippen LogP contribution in [0.2, 0.25) is 0 Å². The number of halogens is 1. The molecule has 244 valence electrons. The Hall–Kier alpha value is -3.23. The van der Waals surface area contributed by atoms with Gasteiger partial charge in [-0.3, -0.25) is 14.4 Å². The second-order valence-electron chi connectivity index (χ2n) is 13.4. The number of carboxylic acids is 1. The third kappa shape index (κ3) is 7.95. The molecule has 2 fully saturated rings. The zero-order chi connectivity index (χ0) is 32.1. The average molecular weight is 619 g/mol. The topological polar surface area (TPSA) is 70.8 Å². The minimum atomic E-state index is -0.769. The SMILES string of the molecule is CCOc1ccc(Cc2cc(C3CCN(CC4CC(N(C)[C@@H](C(=O)O)C(C)C)CC4c4cccc(F)c4)CC3)n(CC)n2)cc1. The molecule has 1 aliphatic heterocycles. The lowest BCUT2D eigenvalue weighted by molar-refractivity contribution is -0.145. The number of hydrogen-bond acceptors (Lipinski definition) is 5. The van der Waals surface area contributed by atoms with Gasteiger partial charge in [-0.1, -0.05) is 38.1 Å². The number of hydrogen-bond donors (Lipinski definition) is 1. The third-order valence-corrected chi connectivity index (χ3v) is 10.1. The molecule has 1 N–H and O–H groups in total. The van der Waals surface area contributed by atoms with Crippen molar-refractivity contribution in [2.45, 2.75) is 90.3 Å². The molecule has 45 heavy (non-hydrogen) atoms. The summed E-state index contributed by atoms with van der Waals surface area (Å²) in [5.41, 5.74) is 4.72. The zero-order valence-electron chi connectivity index (χ0n) is 27.7. The van der Waals surface area contributed by atoms with Gasteiger partial charge < -0.3 is 14.7 Å². The number of carbonyl (C=O) groups is 1. The van der Waals surface area contributed by atoms with Crippen molar-refractivity contribution in [3.05, 3.63) is 82.9 Å². The molecule has 1 aromatic heterocycles. The van der Waals surface area contributed by atoms with Crippen molar-refractivity contribution in [1.82, 2.24) is 19.6 Å². The molecule has 2 heterocycles. The molecule has 2 aromatic carbocycles. The quantitative estimate of drug-likeness (QED) is 0.227. The highest BCUT2D eigenvalue weighted by molar-refractivity contribution is 5.73. The van der Waals surface area contributed by atoms with Gasteiger partial charge in [0.15, 0.2) is 0 Å². The fraction of sp³-hybridized carbons (Fsp3) is 0.568. The molecular formula is C37H51FN4O3. The fourth-order valence-electron chi connectivity index (χ4n) is 7.91. The summed E-state index contributed by atoms with van der Waals surface area (Å²) in [7, 11) is 1.96. The van der Waals surface area contributed by atoms with Gasteiger partial charge in [-0.25, -0.2) is 4.39 Å². The molecule has 1 saturated carbocycles. The van der Waals surface area contributed by atoms with Crippen LogP contribution in [0, 0.1) is 17.7 Å². The maximum atomic E-state index is 14.3. The summed E-state index contributed by atoms with van der Waals surface area (Å²) in [6.07, 6.45) is 4.76.